The number of hydrogen-bond acceptors (Lipinski definition) is 2. The highest BCUT2D eigenvalue weighted by atomic mass is 19.1. The van der Waals surface area contributed by atoms with Crippen LogP contribution in [0.3, 0.4) is 0 Å². The number of hydrogen-bond donors (Lipinski definition) is 1. The van der Waals surface area contributed by atoms with Crippen LogP contribution in [0.15, 0.2) is 0 Å². The summed E-state index contributed by atoms with van der Waals surface area (Å²) in [5.74, 6) is -1.58. The number of carbonyl (C=O) groups is 2. The number of amides is 2. The van der Waals surface area contributed by atoms with Gasteiger partial charge in [-0.3, -0.25) is 9.59 Å². The molecule has 1 saturated heterocycles. The van der Waals surface area contributed by atoms with Crippen LogP contribution in [0, 0.1) is 0 Å². The smallest absolute Gasteiger partial charge is 0.269 e. The number of alkyl halides is 1. The Bertz CT molecular complexity index is 298. The third-order valence-corrected chi connectivity index (χ3v) is 2.33. The molecule has 2 amide bonds. The molecule has 4 nitrogen and oxygen atoms in total. The molecule has 15 heavy (non-hydrogen) atoms. The zero-order chi connectivity index (χ0) is 11.9. The molecule has 1 atom stereocenters. The molecule has 1 rings (SSSR count). The minimum atomic E-state index is -2.37. The molecule has 86 valence electrons. The normalized spacial score (nSPS) is 27.0. The van der Waals surface area contributed by atoms with Crippen LogP contribution in [-0.2, 0) is 9.59 Å². The Morgan fingerprint density at radius 2 is 2.07 bits per heavy atom. The first-order chi connectivity index (χ1) is 6.67. The van der Waals surface area contributed by atoms with E-state index in [0.717, 1.165) is 0 Å². The van der Waals surface area contributed by atoms with Gasteiger partial charge in [-0.2, -0.15) is 0 Å². The maximum atomic E-state index is 14.1. The minimum Gasteiger partial charge on any atom is -0.348 e. The molecule has 5 heteroatoms. The van der Waals surface area contributed by atoms with Crippen molar-refractivity contribution in [2.75, 3.05) is 13.6 Å². The van der Waals surface area contributed by atoms with Gasteiger partial charge in [0.1, 0.15) is 0 Å². The number of rotatable bonds is 1. The summed E-state index contributed by atoms with van der Waals surface area (Å²) in [6, 6.07) is 0. The Morgan fingerprint density at radius 1 is 1.53 bits per heavy atom. The molecule has 0 radical (unpaired) electrons. The first-order valence-electron chi connectivity index (χ1n) is 4.94. The van der Waals surface area contributed by atoms with Gasteiger partial charge in [-0.25, -0.2) is 4.39 Å². The molecule has 1 unspecified atom stereocenters. The maximum Gasteiger partial charge on any atom is 0.269 e. The van der Waals surface area contributed by atoms with Crippen LogP contribution in [0.4, 0.5) is 4.39 Å². The van der Waals surface area contributed by atoms with Crippen molar-refractivity contribution in [3.05, 3.63) is 0 Å². The first kappa shape index (κ1) is 11.9. The summed E-state index contributed by atoms with van der Waals surface area (Å²) in [6.45, 7) is 5.53. The predicted octanol–water partition coefficient (Wildman–Crippen LogP) is 0.471. The van der Waals surface area contributed by atoms with E-state index >= 15 is 0 Å². The van der Waals surface area contributed by atoms with Crippen LogP contribution in [0.1, 0.15) is 27.2 Å². The number of halogens is 1. The van der Waals surface area contributed by atoms with Crippen molar-refractivity contribution in [3.63, 3.8) is 0 Å². The van der Waals surface area contributed by atoms with Crippen LogP contribution in [0.2, 0.25) is 0 Å². The lowest BCUT2D eigenvalue weighted by atomic mass is 10.0. The highest BCUT2D eigenvalue weighted by Gasteiger charge is 2.53. The van der Waals surface area contributed by atoms with Gasteiger partial charge in [-0.1, -0.05) is 0 Å². The lowest BCUT2D eigenvalue weighted by molar-refractivity contribution is -0.147. The van der Waals surface area contributed by atoms with Crippen molar-refractivity contribution in [1.29, 1.82) is 0 Å². The van der Waals surface area contributed by atoms with Crippen molar-refractivity contribution in [3.8, 4) is 0 Å². The average molecular weight is 216 g/mol. The molecule has 0 aromatic carbocycles. The van der Waals surface area contributed by atoms with E-state index in [1.807, 2.05) is 0 Å². The lowest BCUT2D eigenvalue weighted by Crippen LogP contribution is -2.54. The molecule has 0 saturated carbocycles. The zero-order valence-corrected chi connectivity index (χ0v) is 9.56. The topological polar surface area (TPSA) is 49.4 Å². The van der Waals surface area contributed by atoms with E-state index in [-0.39, 0.29) is 13.0 Å². The van der Waals surface area contributed by atoms with Gasteiger partial charge in [-0.05, 0) is 20.8 Å². The molecule has 1 N–H and O–H groups in total. The monoisotopic (exact) mass is 216 g/mol. The molecule has 1 heterocycles. The molecular weight excluding hydrogens is 199 g/mol. The summed E-state index contributed by atoms with van der Waals surface area (Å²) in [6.07, 6.45) is -0.0652. The second-order valence-corrected chi connectivity index (χ2v) is 4.98. The summed E-state index contributed by atoms with van der Waals surface area (Å²) in [5.41, 5.74) is -2.90. The highest BCUT2D eigenvalue weighted by molar-refractivity contribution is 6.09. The molecule has 0 aromatic rings. The SMILES string of the molecule is CN1CCC(F)(C(=O)NC(C)(C)C)C1=O. The zero-order valence-electron chi connectivity index (χ0n) is 9.56. The van der Waals surface area contributed by atoms with Gasteiger partial charge < -0.3 is 10.2 Å². The summed E-state index contributed by atoms with van der Waals surface area (Å²) in [7, 11) is 1.49. The largest absolute Gasteiger partial charge is 0.348 e. The molecule has 1 aliphatic heterocycles. The fourth-order valence-electron chi connectivity index (χ4n) is 1.48. The van der Waals surface area contributed by atoms with Crippen LogP contribution < -0.4 is 5.32 Å². The Balaban J connectivity index is 2.80. The van der Waals surface area contributed by atoms with Gasteiger partial charge >= 0.3 is 0 Å². The van der Waals surface area contributed by atoms with E-state index in [0.29, 0.717) is 0 Å². The highest BCUT2D eigenvalue weighted by Crippen LogP contribution is 2.27. The summed E-state index contributed by atoms with van der Waals surface area (Å²) in [4.78, 5) is 24.3. The van der Waals surface area contributed by atoms with Gasteiger partial charge in [0.2, 0.25) is 0 Å². The average Bonchev–Trinajstić information content (AvgIpc) is 2.31. The predicted molar refractivity (Wildman–Crippen MR) is 54.0 cm³/mol. The standard InChI is InChI=1S/C10H17FN2O2/c1-9(2,3)12-7(14)10(11)5-6-13(4)8(10)15/h5-6H2,1-4H3,(H,12,14). The molecule has 0 aliphatic carbocycles. The van der Waals surface area contributed by atoms with Gasteiger partial charge in [-0.15, -0.1) is 0 Å². The number of nitrogens with one attached hydrogen (secondary N) is 1. The Hall–Kier alpha value is -1.13. The number of carbonyl (C=O) groups excluding carboxylic acids is 2. The summed E-state index contributed by atoms with van der Waals surface area (Å²) >= 11 is 0. The maximum absolute atomic E-state index is 14.1. The number of nitrogens with zero attached hydrogens (tertiary/aromatic N) is 1. The Morgan fingerprint density at radius 3 is 2.40 bits per heavy atom. The third kappa shape index (κ3) is 2.27. The second-order valence-electron chi connectivity index (χ2n) is 4.98. The van der Waals surface area contributed by atoms with Gasteiger partial charge in [0, 0.05) is 25.6 Å². The van der Waals surface area contributed by atoms with E-state index in [1.54, 1.807) is 20.8 Å². The fourth-order valence-corrected chi connectivity index (χ4v) is 1.48. The van der Waals surface area contributed by atoms with Gasteiger partial charge in [0.25, 0.3) is 17.5 Å². The first-order valence-corrected chi connectivity index (χ1v) is 4.94. The van der Waals surface area contributed by atoms with Crippen molar-refractivity contribution in [2.24, 2.45) is 0 Å². The van der Waals surface area contributed by atoms with E-state index in [4.69, 9.17) is 0 Å². The molecular formula is C10H17FN2O2. The van der Waals surface area contributed by atoms with Crippen LogP contribution in [-0.4, -0.2) is 41.5 Å². The molecule has 1 aliphatic rings. The van der Waals surface area contributed by atoms with Gasteiger partial charge in [0.05, 0.1) is 0 Å². The summed E-state index contributed by atoms with van der Waals surface area (Å²) < 4.78 is 14.1. The third-order valence-electron chi connectivity index (χ3n) is 2.33. The van der Waals surface area contributed by atoms with E-state index in [2.05, 4.69) is 5.32 Å². The molecule has 0 aromatic heterocycles. The van der Waals surface area contributed by atoms with E-state index in [1.165, 1.54) is 11.9 Å². The van der Waals surface area contributed by atoms with Crippen molar-refractivity contribution >= 4 is 11.8 Å². The van der Waals surface area contributed by atoms with Gasteiger partial charge in [0.15, 0.2) is 0 Å². The lowest BCUT2D eigenvalue weighted by Gasteiger charge is -2.25. The Kier molecular flexibility index (Phi) is 2.76. The number of likely N-dealkylation sites (tertiary alicyclic amines) is 1. The second kappa shape index (κ2) is 3.47. The minimum absolute atomic E-state index is 0.0652. The summed E-state index contributed by atoms with van der Waals surface area (Å²) in [5, 5.41) is 2.49. The van der Waals surface area contributed by atoms with Crippen molar-refractivity contribution < 1.29 is 14.0 Å². The Labute approximate surface area is 88.8 Å². The van der Waals surface area contributed by atoms with E-state index in [9.17, 15) is 14.0 Å². The van der Waals surface area contributed by atoms with Crippen LogP contribution in [0.5, 0.6) is 0 Å². The van der Waals surface area contributed by atoms with Crippen LogP contribution in [0.25, 0.3) is 0 Å². The molecule has 1 fully saturated rings. The molecule has 0 spiro atoms. The van der Waals surface area contributed by atoms with E-state index < -0.39 is 23.0 Å². The fraction of sp³-hybridized carbons (Fsp3) is 0.800. The molecule has 0 bridgehead atoms. The quantitative estimate of drug-likeness (QED) is 0.648. The van der Waals surface area contributed by atoms with Crippen molar-refractivity contribution in [1.82, 2.24) is 10.2 Å². The van der Waals surface area contributed by atoms with Crippen molar-refractivity contribution in [2.45, 2.75) is 38.4 Å². The van der Waals surface area contributed by atoms with Crippen LogP contribution >= 0.6 is 0 Å².